The Bertz CT molecular complexity index is 1530. The Hall–Kier alpha value is -4.11. The highest BCUT2D eigenvalue weighted by Gasteiger charge is 2.26. The van der Waals surface area contributed by atoms with Crippen molar-refractivity contribution >= 4 is 37.8 Å². The second-order valence-corrected chi connectivity index (χ2v) is 12.0. The summed E-state index contributed by atoms with van der Waals surface area (Å²) in [4.78, 5) is 23.5. The summed E-state index contributed by atoms with van der Waals surface area (Å²) >= 11 is 0. The summed E-state index contributed by atoms with van der Waals surface area (Å²) in [5.74, 6) is -2.04. The van der Waals surface area contributed by atoms with E-state index >= 15 is 0 Å². The number of carbonyl (C=O) groups is 2. The minimum atomic E-state index is -4.14. The zero-order chi connectivity index (χ0) is 29.2. The van der Waals surface area contributed by atoms with Gasteiger partial charge in [0.1, 0.15) is 11.9 Å². The number of hydrogen-bond donors (Lipinski definition) is 6. The molecule has 12 nitrogen and oxygen atoms in total. The molecule has 0 aliphatic carbocycles. The van der Waals surface area contributed by atoms with Crippen molar-refractivity contribution in [2.75, 3.05) is 13.1 Å². The number of benzene rings is 3. The van der Waals surface area contributed by atoms with Gasteiger partial charge in [-0.1, -0.05) is 48.5 Å². The number of carbonyl (C=O) groups excluding carboxylic acids is 1. The highest BCUT2D eigenvalue weighted by Crippen LogP contribution is 2.11. The monoisotopic (exact) mass is 587 g/mol. The molecule has 212 valence electrons. The van der Waals surface area contributed by atoms with Gasteiger partial charge >= 0.3 is 5.97 Å². The third-order valence-electron chi connectivity index (χ3n) is 5.56. The average Bonchev–Trinajstić information content (AvgIpc) is 2.94. The standard InChI is InChI=1S/C26H29N5O7S2/c27-25(29-17-19-7-3-1-4-8-19)20-11-13-22(14-12-20)39(35,36)30-16-15-24(32)28-18-23(26(33)34)31-40(37,38)21-9-5-2-6-10-21/h1-14,23,30-31H,15-18H2,(H2,27,29)(H,28,32)(H,33,34). The lowest BCUT2D eigenvalue weighted by molar-refractivity contribution is -0.138. The Morgan fingerprint density at radius 1 is 0.775 bits per heavy atom. The van der Waals surface area contributed by atoms with Crippen molar-refractivity contribution < 1.29 is 31.5 Å². The maximum Gasteiger partial charge on any atom is 0.323 e. The fourth-order valence-electron chi connectivity index (χ4n) is 3.41. The van der Waals surface area contributed by atoms with Crippen molar-refractivity contribution in [3.63, 3.8) is 0 Å². The molecule has 3 rings (SSSR count). The number of amides is 1. The molecular weight excluding hydrogens is 558 g/mol. The molecule has 14 heteroatoms. The number of sulfonamides is 2. The number of amidine groups is 1. The van der Waals surface area contributed by atoms with Crippen molar-refractivity contribution in [2.24, 2.45) is 0 Å². The van der Waals surface area contributed by atoms with Gasteiger partial charge in [-0.25, -0.2) is 21.6 Å². The molecule has 1 atom stereocenters. The molecule has 0 heterocycles. The van der Waals surface area contributed by atoms with E-state index in [4.69, 9.17) is 5.41 Å². The van der Waals surface area contributed by atoms with Crippen LogP contribution in [0.25, 0.3) is 0 Å². The van der Waals surface area contributed by atoms with Crippen LogP contribution in [-0.4, -0.2) is 58.8 Å². The molecule has 0 spiro atoms. The first kappa shape index (κ1) is 30.4. The summed E-state index contributed by atoms with van der Waals surface area (Å²) in [6.07, 6.45) is -0.316. The zero-order valence-electron chi connectivity index (χ0n) is 21.2. The van der Waals surface area contributed by atoms with E-state index in [-0.39, 0.29) is 28.6 Å². The summed E-state index contributed by atoms with van der Waals surface area (Å²) in [5, 5.41) is 22.8. The van der Waals surface area contributed by atoms with Crippen molar-refractivity contribution in [2.45, 2.75) is 28.8 Å². The van der Waals surface area contributed by atoms with E-state index in [1.165, 1.54) is 48.5 Å². The number of carboxylic acid groups (broad SMARTS) is 1. The van der Waals surface area contributed by atoms with Crippen molar-refractivity contribution in [3.05, 3.63) is 96.1 Å². The lowest BCUT2D eigenvalue weighted by atomic mass is 10.2. The Morgan fingerprint density at radius 2 is 1.35 bits per heavy atom. The molecule has 0 aliphatic rings. The van der Waals surface area contributed by atoms with Gasteiger partial charge in [0, 0.05) is 31.6 Å². The summed E-state index contributed by atoms with van der Waals surface area (Å²) in [7, 11) is -8.09. The number of rotatable bonds is 14. The van der Waals surface area contributed by atoms with Gasteiger partial charge in [0.2, 0.25) is 26.0 Å². The largest absolute Gasteiger partial charge is 0.480 e. The summed E-state index contributed by atoms with van der Waals surface area (Å²) in [6, 6.07) is 20.7. The quantitative estimate of drug-likeness (QED) is 0.119. The fraction of sp³-hybridized carbons (Fsp3) is 0.192. The molecule has 0 aromatic heterocycles. The minimum Gasteiger partial charge on any atom is -0.480 e. The van der Waals surface area contributed by atoms with Crippen molar-refractivity contribution in [1.82, 2.24) is 20.1 Å². The predicted molar refractivity (Wildman–Crippen MR) is 148 cm³/mol. The first-order chi connectivity index (χ1) is 19.0. The number of nitrogens with one attached hydrogen (secondary N) is 5. The van der Waals surface area contributed by atoms with E-state index in [0.717, 1.165) is 5.56 Å². The molecule has 40 heavy (non-hydrogen) atoms. The van der Waals surface area contributed by atoms with E-state index in [1.54, 1.807) is 6.07 Å². The van der Waals surface area contributed by atoms with E-state index in [0.29, 0.717) is 12.1 Å². The number of aliphatic carboxylic acids is 1. The van der Waals surface area contributed by atoms with Crippen LogP contribution >= 0.6 is 0 Å². The van der Waals surface area contributed by atoms with Gasteiger partial charge in [-0.3, -0.25) is 15.0 Å². The van der Waals surface area contributed by atoms with Crippen molar-refractivity contribution in [1.29, 1.82) is 5.41 Å². The molecule has 0 radical (unpaired) electrons. The molecule has 0 fully saturated rings. The predicted octanol–water partition coefficient (Wildman–Crippen LogP) is 1.02. The molecule has 0 saturated carbocycles. The van der Waals surface area contributed by atoms with Gasteiger partial charge in [0.25, 0.3) is 0 Å². The van der Waals surface area contributed by atoms with Gasteiger partial charge in [-0.2, -0.15) is 4.72 Å². The second-order valence-electron chi connectivity index (χ2n) is 8.52. The molecule has 3 aromatic carbocycles. The van der Waals surface area contributed by atoms with Crippen molar-refractivity contribution in [3.8, 4) is 0 Å². The van der Waals surface area contributed by atoms with Crippen LogP contribution in [0.4, 0.5) is 0 Å². The highest BCUT2D eigenvalue weighted by molar-refractivity contribution is 7.89. The van der Waals surface area contributed by atoms with E-state index in [1.807, 2.05) is 35.1 Å². The van der Waals surface area contributed by atoms with Crippen LogP contribution in [0, 0.1) is 5.41 Å². The smallest absolute Gasteiger partial charge is 0.323 e. The third kappa shape index (κ3) is 8.98. The van der Waals surface area contributed by atoms with Gasteiger partial charge in [0.15, 0.2) is 0 Å². The summed E-state index contributed by atoms with van der Waals surface area (Å²) in [5.41, 5.74) is 1.48. The fourth-order valence-corrected chi connectivity index (χ4v) is 5.65. The van der Waals surface area contributed by atoms with Gasteiger partial charge < -0.3 is 15.7 Å². The first-order valence-corrected chi connectivity index (χ1v) is 15.0. The molecule has 0 bridgehead atoms. The Balaban J connectivity index is 1.46. The molecule has 3 aromatic rings. The van der Waals surface area contributed by atoms with Gasteiger partial charge in [-0.15, -0.1) is 0 Å². The summed E-state index contributed by atoms with van der Waals surface area (Å²) < 4.78 is 54.2. The lowest BCUT2D eigenvalue weighted by Crippen LogP contribution is -2.48. The molecular formula is C26H29N5O7S2. The zero-order valence-corrected chi connectivity index (χ0v) is 22.8. The molecule has 0 aliphatic heterocycles. The first-order valence-electron chi connectivity index (χ1n) is 12.0. The van der Waals surface area contributed by atoms with Crippen LogP contribution in [0.1, 0.15) is 17.5 Å². The lowest BCUT2D eigenvalue weighted by Gasteiger charge is -2.16. The molecule has 6 N–H and O–H groups in total. The van der Waals surface area contributed by atoms with Crippen LogP contribution in [0.3, 0.4) is 0 Å². The van der Waals surface area contributed by atoms with Gasteiger partial charge in [0.05, 0.1) is 9.79 Å². The normalized spacial score (nSPS) is 12.3. The Morgan fingerprint density at radius 3 is 1.95 bits per heavy atom. The van der Waals surface area contributed by atoms with Crippen LogP contribution in [0.15, 0.2) is 94.7 Å². The number of hydrogen-bond acceptors (Lipinski definition) is 7. The van der Waals surface area contributed by atoms with E-state index < -0.39 is 44.5 Å². The van der Waals surface area contributed by atoms with Crippen LogP contribution in [0.2, 0.25) is 0 Å². The molecule has 0 saturated heterocycles. The summed E-state index contributed by atoms with van der Waals surface area (Å²) in [6.45, 7) is -0.383. The van der Waals surface area contributed by atoms with E-state index in [9.17, 15) is 31.5 Å². The molecule has 1 unspecified atom stereocenters. The Kier molecular flexibility index (Phi) is 10.5. The average molecular weight is 588 g/mol. The van der Waals surface area contributed by atoms with Crippen LogP contribution in [0.5, 0.6) is 0 Å². The van der Waals surface area contributed by atoms with E-state index in [2.05, 4.69) is 15.4 Å². The van der Waals surface area contributed by atoms with Gasteiger partial charge in [-0.05, 0) is 42.0 Å². The van der Waals surface area contributed by atoms with Crippen LogP contribution in [-0.2, 0) is 36.2 Å². The Labute approximate surface area is 232 Å². The highest BCUT2D eigenvalue weighted by atomic mass is 32.2. The molecule has 1 amide bonds. The maximum atomic E-state index is 12.6. The minimum absolute atomic E-state index is 0.0613. The topological polar surface area (TPSA) is 195 Å². The number of carboxylic acids is 1. The third-order valence-corrected chi connectivity index (χ3v) is 8.53. The van der Waals surface area contributed by atoms with Crippen LogP contribution < -0.4 is 20.1 Å². The SMILES string of the molecule is N=C(NCc1ccccc1)c1ccc(S(=O)(=O)NCCC(=O)NCC(NS(=O)(=O)c2ccccc2)C(=O)O)cc1. The maximum absolute atomic E-state index is 12.6. The second kappa shape index (κ2) is 13.8.